The van der Waals surface area contributed by atoms with Gasteiger partial charge in [0.05, 0.1) is 0 Å². The lowest BCUT2D eigenvalue weighted by Gasteiger charge is -2.22. The monoisotopic (exact) mass is 283 g/mol. The highest BCUT2D eigenvalue weighted by atomic mass is 16.3. The summed E-state index contributed by atoms with van der Waals surface area (Å²) in [5.74, 6) is 0.713. The van der Waals surface area contributed by atoms with Gasteiger partial charge in [0, 0.05) is 36.1 Å². The average Bonchev–Trinajstić information content (AvgIpc) is 2.84. The predicted molar refractivity (Wildman–Crippen MR) is 78.0 cm³/mol. The summed E-state index contributed by atoms with van der Waals surface area (Å²) in [7, 11) is 0. The SMILES string of the molecule is O=C1CC(c2cccc3oc4c(c23)CCCC4)CC(=O)N1. The quantitative estimate of drug-likeness (QED) is 0.819. The van der Waals surface area contributed by atoms with E-state index in [-0.39, 0.29) is 17.7 Å². The number of carbonyl (C=O) groups is 2. The van der Waals surface area contributed by atoms with Gasteiger partial charge in [0.15, 0.2) is 0 Å². The van der Waals surface area contributed by atoms with E-state index >= 15 is 0 Å². The summed E-state index contributed by atoms with van der Waals surface area (Å²) in [4.78, 5) is 23.3. The summed E-state index contributed by atoms with van der Waals surface area (Å²) < 4.78 is 5.99. The molecule has 1 aliphatic carbocycles. The first kappa shape index (κ1) is 12.6. The lowest BCUT2D eigenvalue weighted by atomic mass is 9.84. The maximum Gasteiger partial charge on any atom is 0.227 e. The minimum absolute atomic E-state index is 0.0291. The number of hydrogen-bond donors (Lipinski definition) is 1. The molecule has 4 heteroatoms. The van der Waals surface area contributed by atoms with Crippen LogP contribution in [-0.2, 0) is 22.4 Å². The number of piperidine rings is 1. The van der Waals surface area contributed by atoms with Crippen LogP contribution in [0, 0.1) is 0 Å². The molecule has 2 aromatic rings. The van der Waals surface area contributed by atoms with Gasteiger partial charge >= 0.3 is 0 Å². The number of furan rings is 1. The average molecular weight is 283 g/mol. The van der Waals surface area contributed by atoms with Crippen LogP contribution < -0.4 is 5.32 Å². The van der Waals surface area contributed by atoms with Gasteiger partial charge in [-0.05, 0) is 30.9 Å². The highest BCUT2D eigenvalue weighted by molar-refractivity contribution is 5.99. The summed E-state index contributed by atoms with van der Waals surface area (Å²) >= 11 is 0. The molecule has 2 aliphatic rings. The number of carbonyl (C=O) groups excluding carboxylic acids is 2. The molecule has 1 aliphatic heterocycles. The molecule has 2 amide bonds. The van der Waals surface area contributed by atoms with Gasteiger partial charge in [-0.25, -0.2) is 0 Å². The van der Waals surface area contributed by atoms with Crippen molar-refractivity contribution >= 4 is 22.8 Å². The Labute approximate surface area is 122 Å². The van der Waals surface area contributed by atoms with Crippen LogP contribution in [0.1, 0.15) is 48.5 Å². The van der Waals surface area contributed by atoms with Gasteiger partial charge in [0.25, 0.3) is 0 Å². The zero-order valence-electron chi connectivity index (χ0n) is 11.8. The number of aryl methyl sites for hydroxylation is 2. The van der Waals surface area contributed by atoms with Crippen molar-refractivity contribution in [1.29, 1.82) is 0 Å². The molecule has 21 heavy (non-hydrogen) atoms. The Hall–Kier alpha value is -2.10. The van der Waals surface area contributed by atoms with E-state index in [0.717, 1.165) is 35.1 Å². The smallest absolute Gasteiger partial charge is 0.227 e. The van der Waals surface area contributed by atoms with E-state index in [0.29, 0.717) is 12.8 Å². The van der Waals surface area contributed by atoms with E-state index < -0.39 is 0 Å². The first-order valence-electron chi connectivity index (χ1n) is 7.58. The Balaban J connectivity index is 1.86. The van der Waals surface area contributed by atoms with Crippen LogP contribution in [0.5, 0.6) is 0 Å². The van der Waals surface area contributed by atoms with Crippen LogP contribution in [0.15, 0.2) is 22.6 Å². The third-order valence-corrected chi connectivity index (χ3v) is 4.59. The standard InChI is InChI=1S/C17H17NO3/c19-15-8-10(9-16(20)18-15)11-5-3-7-14-17(11)12-4-1-2-6-13(12)21-14/h3,5,7,10H,1-2,4,6,8-9H2,(H,18,19,20). The third kappa shape index (κ3) is 2.06. The third-order valence-electron chi connectivity index (χ3n) is 4.59. The molecule has 2 heterocycles. The molecule has 108 valence electrons. The van der Waals surface area contributed by atoms with Crippen LogP contribution in [0.3, 0.4) is 0 Å². The molecule has 1 aromatic heterocycles. The van der Waals surface area contributed by atoms with E-state index in [1.54, 1.807) is 0 Å². The fraction of sp³-hybridized carbons (Fsp3) is 0.412. The number of fused-ring (bicyclic) bond motifs is 3. The van der Waals surface area contributed by atoms with Crippen molar-refractivity contribution < 1.29 is 14.0 Å². The lowest BCUT2D eigenvalue weighted by molar-refractivity contribution is -0.133. The molecule has 1 N–H and O–H groups in total. The molecule has 0 spiro atoms. The summed E-state index contributed by atoms with van der Waals surface area (Å²) in [5.41, 5.74) is 3.30. The van der Waals surface area contributed by atoms with Crippen molar-refractivity contribution in [2.45, 2.75) is 44.4 Å². The van der Waals surface area contributed by atoms with Gasteiger partial charge in [-0.15, -0.1) is 0 Å². The van der Waals surface area contributed by atoms with Gasteiger partial charge in [-0.1, -0.05) is 12.1 Å². The topological polar surface area (TPSA) is 59.3 Å². The summed E-state index contributed by atoms with van der Waals surface area (Å²) in [6.45, 7) is 0. The fourth-order valence-electron chi connectivity index (χ4n) is 3.68. The first-order chi connectivity index (χ1) is 10.2. The Morgan fingerprint density at radius 3 is 2.62 bits per heavy atom. The van der Waals surface area contributed by atoms with Crippen molar-refractivity contribution in [1.82, 2.24) is 5.32 Å². The molecule has 1 saturated heterocycles. The van der Waals surface area contributed by atoms with Crippen molar-refractivity contribution in [2.24, 2.45) is 0 Å². The number of rotatable bonds is 1. The summed E-state index contributed by atoms with van der Waals surface area (Å²) in [6, 6.07) is 5.99. The Morgan fingerprint density at radius 2 is 1.81 bits per heavy atom. The maximum atomic E-state index is 11.7. The van der Waals surface area contributed by atoms with Crippen LogP contribution >= 0.6 is 0 Å². The van der Waals surface area contributed by atoms with Crippen molar-refractivity contribution in [3.63, 3.8) is 0 Å². The molecule has 0 unspecified atom stereocenters. The molecule has 0 atom stereocenters. The van der Waals surface area contributed by atoms with Crippen LogP contribution in [-0.4, -0.2) is 11.8 Å². The number of amides is 2. The number of imide groups is 1. The number of benzene rings is 1. The van der Waals surface area contributed by atoms with E-state index in [1.807, 2.05) is 18.2 Å². The minimum atomic E-state index is -0.175. The highest BCUT2D eigenvalue weighted by Gasteiger charge is 2.29. The number of hydrogen-bond acceptors (Lipinski definition) is 3. The van der Waals surface area contributed by atoms with Crippen molar-refractivity contribution in [3.8, 4) is 0 Å². The van der Waals surface area contributed by atoms with E-state index in [2.05, 4.69) is 5.32 Å². The lowest BCUT2D eigenvalue weighted by Crippen LogP contribution is -2.37. The molecule has 0 saturated carbocycles. The zero-order valence-corrected chi connectivity index (χ0v) is 11.8. The molecule has 0 bridgehead atoms. The molecule has 1 aromatic carbocycles. The first-order valence-corrected chi connectivity index (χ1v) is 7.58. The maximum absolute atomic E-state index is 11.7. The Morgan fingerprint density at radius 1 is 1.05 bits per heavy atom. The normalized spacial score (nSPS) is 19.6. The Bertz CT molecular complexity index is 728. The molecule has 4 rings (SSSR count). The predicted octanol–water partition coefficient (Wildman–Crippen LogP) is 2.83. The highest BCUT2D eigenvalue weighted by Crippen LogP contribution is 2.39. The molecular formula is C17H17NO3. The Kier molecular flexibility index (Phi) is 2.84. The summed E-state index contributed by atoms with van der Waals surface area (Å²) in [5, 5.41) is 3.53. The van der Waals surface area contributed by atoms with Crippen LogP contribution in [0.2, 0.25) is 0 Å². The van der Waals surface area contributed by atoms with Gasteiger partial charge in [0.2, 0.25) is 11.8 Å². The van der Waals surface area contributed by atoms with Crippen molar-refractivity contribution in [3.05, 3.63) is 35.1 Å². The molecule has 1 fully saturated rings. The number of nitrogens with one attached hydrogen (secondary N) is 1. The van der Waals surface area contributed by atoms with Crippen LogP contribution in [0.4, 0.5) is 0 Å². The van der Waals surface area contributed by atoms with Crippen molar-refractivity contribution in [2.75, 3.05) is 0 Å². The van der Waals surface area contributed by atoms with E-state index in [1.165, 1.54) is 18.4 Å². The zero-order chi connectivity index (χ0) is 14.4. The van der Waals surface area contributed by atoms with Gasteiger partial charge in [-0.3, -0.25) is 14.9 Å². The second kappa shape index (κ2) is 4.72. The van der Waals surface area contributed by atoms with E-state index in [4.69, 9.17) is 4.42 Å². The van der Waals surface area contributed by atoms with Gasteiger partial charge < -0.3 is 4.42 Å². The summed E-state index contributed by atoms with van der Waals surface area (Å²) in [6.07, 6.45) is 5.14. The molecule has 4 nitrogen and oxygen atoms in total. The van der Waals surface area contributed by atoms with Crippen LogP contribution in [0.25, 0.3) is 11.0 Å². The second-order valence-electron chi connectivity index (χ2n) is 6.01. The second-order valence-corrected chi connectivity index (χ2v) is 6.01. The largest absolute Gasteiger partial charge is 0.461 e. The minimum Gasteiger partial charge on any atom is -0.461 e. The molecule has 0 radical (unpaired) electrons. The van der Waals surface area contributed by atoms with E-state index in [9.17, 15) is 9.59 Å². The fourth-order valence-corrected chi connectivity index (χ4v) is 3.68. The van der Waals surface area contributed by atoms with Gasteiger partial charge in [-0.2, -0.15) is 0 Å². The van der Waals surface area contributed by atoms with Gasteiger partial charge in [0.1, 0.15) is 11.3 Å². The molecular weight excluding hydrogens is 266 g/mol.